The average molecular weight is 225 g/mol. The number of hydrogen-bond donors (Lipinski definition) is 1. The van der Waals surface area contributed by atoms with Crippen molar-refractivity contribution in [3.63, 3.8) is 0 Å². The molecule has 1 aliphatic rings. The molecule has 0 bridgehead atoms. The minimum absolute atomic E-state index is 0.527. The highest BCUT2D eigenvalue weighted by Gasteiger charge is 2.18. The lowest BCUT2D eigenvalue weighted by Crippen LogP contribution is -1.91. The van der Waals surface area contributed by atoms with Crippen molar-refractivity contribution in [2.75, 3.05) is 6.61 Å². The number of nitriles is 1. The van der Waals surface area contributed by atoms with Gasteiger partial charge < -0.3 is 9.72 Å². The predicted molar refractivity (Wildman–Crippen MR) is 63.8 cm³/mol. The van der Waals surface area contributed by atoms with Crippen molar-refractivity contribution in [3.8, 4) is 6.07 Å². The number of fused-ring (bicyclic) bond motifs is 1. The number of aromatic nitrogens is 2. The highest BCUT2D eigenvalue weighted by molar-refractivity contribution is 5.82. The van der Waals surface area contributed by atoms with Crippen LogP contribution in [-0.2, 0) is 4.74 Å². The number of H-pyrrole nitrogens is 1. The molecule has 0 atom stereocenters. The van der Waals surface area contributed by atoms with E-state index in [0.717, 1.165) is 29.6 Å². The molecule has 4 nitrogen and oxygen atoms in total. The Kier molecular flexibility index (Phi) is 2.30. The molecule has 0 spiro atoms. The molecule has 1 saturated heterocycles. The van der Waals surface area contributed by atoms with Crippen molar-refractivity contribution >= 4 is 16.6 Å². The van der Waals surface area contributed by atoms with Gasteiger partial charge in [0.2, 0.25) is 0 Å². The third kappa shape index (κ3) is 1.66. The van der Waals surface area contributed by atoms with Crippen LogP contribution < -0.4 is 0 Å². The second-order valence-electron chi connectivity index (χ2n) is 3.96. The van der Waals surface area contributed by atoms with Crippen LogP contribution in [0, 0.1) is 11.3 Å². The number of hydrogen-bond acceptors (Lipinski definition) is 3. The summed E-state index contributed by atoms with van der Waals surface area (Å²) in [6.45, 7) is 0.695. The normalized spacial score (nSPS) is 17.8. The maximum absolute atomic E-state index is 9.22. The fourth-order valence-corrected chi connectivity index (χ4v) is 2.02. The summed E-state index contributed by atoms with van der Waals surface area (Å²) < 4.78 is 5.45. The monoisotopic (exact) mass is 225 g/mol. The lowest BCUT2D eigenvalue weighted by Gasteiger charge is -1.99. The molecule has 0 radical (unpaired) electrons. The van der Waals surface area contributed by atoms with E-state index in [1.807, 2.05) is 24.3 Å². The molecule has 2 aromatic rings. The van der Waals surface area contributed by atoms with Gasteiger partial charge in [-0.15, -0.1) is 0 Å². The molecule has 0 saturated carbocycles. The molecule has 2 heterocycles. The standard InChI is InChI=1S/C13H11N3O/c14-8-9(12-6-3-7-17-12)13-15-10-4-1-2-5-11(10)16-13/h1-2,4-5H,3,6-7H2,(H,15,16). The molecule has 1 aromatic heterocycles. The first-order valence-electron chi connectivity index (χ1n) is 5.59. The zero-order valence-corrected chi connectivity index (χ0v) is 9.23. The summed E-state index contributed by atoms with van der Waals surface area (Å²) in [6.07, 6.45) is 1.79. The second-order valence-corrected chi connectivity index (χ2v) is 3.96. The average Bonchev–Trinajstić information content (AvgIpc) is 2.98. The van der Waals surface area contributed by atoms with Gasteiger partial charge in [-0.25, -0.2) is 4.98 Å². The zero-order valence-electron chi connectivity index (χ0n) is 9.23. The molecule has 1 aromatic carbocycles. The fourth-order valence-electron chi connectivity index (χ4n) is 2.02. The number of nitrogens with zero attached hydrogens (tertiary/aromatic N) is 2. The van der Waals surface area contributed by atoms with Gasteiger partial charge in [0.05, 0.1) is 17.6 Å². The molecule has 0 unspecified atom stereocenters. The van der Waals surface area contributed by atoms with Crippen molar-refractivity contribution in [3.05, 3.63) is 35.8 Å². The summed E-state index contributed by atoms with van der Waals surface area (Å²) in [5.41, 5.74) is 2.33. The maximum atomic E-state index is 9.22. The molecule has 0 aliphatic carbocycles. The quantitative estimate of drug-likeness (QED) is 0.759. The van der Waals surface area contributed by atoms with Gasteiger partial charge >= 0.3 is 0 Å². The molecule has 4 heteroatoms. The number of para-hydroxylation sites is 2. The van der Waals surface area contributed by atoms with Crippen LogP contribution in [0.2, 0.25) is 0 Å². The van der Waals surface area contributed by atoms with Gasteiger partial charge in [0, 0.05) is 6.42 Å². The van der Waals surface area contributed by atoms with Gasteiger partial charge in [-0.2, -0.15) is 5.26 Å². The highest BCUT2D eigenvalue weighted by atomic mass is 16.5. The van der Waals surface area contributed by atoms with E-state index < -0.39 is 0 Å². The third-order valence-corrected chi connectivity index (χ3v) is 2.84. The van der Waals surface area contributed by atoms with Crippen LogP contribution >= 0.6 is 0 Å². The van der Waals surface area contributed by atoms with Crippen LogP contribution in [0.1, 0.15) is 18.7 Å². The van der Waals surface area contributed by atoms with Crippen molar-refractivity contribution in [2.24, 2.45) is 0 Å². The van der Waals surface area contributed by atoms with E-state index in [2.05, 4.69) is 16.0 Å². The predicted octanol–water partition coefficient (Wildman–Crippen LogP) is 2.61. The Morgan fingerprint density at radius 3 is 3.00 bits per heavy atom. The minimum atomic E-state index is 0.527. The van der Waals surface area contributed by atoms with E-state index in [9.17, 15) is 5.26 Å². The first-order chi connectivity index (χ1) is 8.38. The van der Waals surface area contributed by atoms with Crippen LogP contribution in [-0.4, -0.2) is 16.6 Å². The number of ether oxygens (including phenoxy) is 1. The maximum Gasteiger partial charge on any atom is 0.152 e. The van der Waals surface area contributed by atoms with E-state index in [1.54, 1.807) is 0 Å². The zero-order chi connectivity index (χ0) is 11.7. The van der Waals surface area contributed by atoms with Crippen LogP contribution in [0.25, 0.3) is 16.6 Å². The lowest BCUT2D eigenvalue weighted by molar-refractivity contribution is 0.265. The molecular weight excluding hydrogens is 214 g/mol. The van der Waals surface area contributed by atoms with E-state index in [4.69, 9.17) is 4.74 Å². The Labute approximate surface area is 98.5 Å². The molecular formula is C13H11N3O. The Morgan fingerprint density at radius 2 is 2.29 bits per heavy atom. The summed E-state index contributed by atoms with van der Waals surface area (Å²) >= 11 is 0. The number of rotatable bonds is 1. The van der Waals surface area contributed by atoms with Crippen molar-refractivity contribution < 1.29 is 4.74 Å². The van der Waals surface area contributed by atoms with Crippen LogP contribution in [0.15, 0.2) is 30.0 Å². The first-order valence-corrected chi connectivity index (χ1v) is 5.59. The lowest BCUT2D eigenvalue weighted by atomic mass is 10.2. The molecule has 1 aliphatic heterocycles. The van der Waals surface area contributed by atoms with Gasteiger partial charge in [0.25, 0.3) is 0 Å². The van der Waals surface area contributed by atoms with Crippen LogP contribution in [0.3, 0.4) is 0 Å². The number of nitrogens with one attached hydrogen (secondary N) is 1. The second kappa shape index (κ2) is 3.95. The molecule has 1 fully saturated rings. The van der Waals surface area contributed by atoms with Gasteiger partial charge in [-0.05, 0) is 18.6 Å². The van der Waals surface area contributed by atoms with E-state index in [0.29, 0.717) is 18.0 Å². The summed E-state index contributed by atoms with van der Waals surface area (Å²) in [6, 6.07) is 9.92. The molecule has 84 valence electrons. The van der Waals surface area contributed by atoms with Crippen molar-refractivity contribution in [2.45, 2.75) is 12.8 Å². The topological polar surface area (TPSA) is 61.7 Å². The first kappa shape index (κ1) is 9.91. The molecule has 0 amide bonds. The SMILES string of the molecule is N#CC(=C1CCCO1)c1nc2ccccc2[nH]1. The van der Waals surface area contributed by atoms with Gasteiger partial charge in [0.1, 0.15) is 17.4 Å². The number of aromatic amines is 1. The fraction of sp³-hybridized carbons (Fsp3) is 0.231. The van der Waals surface area contributed by atoms with Gasteiger partial charge in [-0.3, -0.25) is 0 Å². The summed E-state index contributed by atoms with van der Waals surface area (Å²) in [5.74, 6) is 1.36. The molecule has 17 heavy (non-hydrogen) atoms. The van der Waals surface area contributed by atoms with Crippen LogP contribution in [0.5, 0.6) is 0 Å². The van der Waals surface area contributed by atoms with Crippen molar-refractivity contribution in [1.82, 2.24) is 9.97 Å². The minimum Gasteiger partial charge on any atom is -0.496 e. The van der Waals surface area contributed by atoms with E-state index >= 15 is 0 Å². The van der Waals surface area contributed by atoms with Gasteiger partial charge in [0.15, 0.2) is 5.82 Å². The number of allylic oxidation sites excluding steroid dienone is 2. The summed E-state index contributed by atoms with van der Waals surface area (Å²) in [4.78, 5) is 7.56. The Morgan fingerprint density at radius 1 is 1.41 bits per heavy atom. The van der Waals surface area contributed by atoms with E-state index in [-0.39, 0.29) is 0 Å². The van der Waals surface area contributed by atoms with Crippen LogP contribution in [0.4, 0.5) is 0 Å². The number of benzene rings is 1. The Bertz CT molecular complexity index is 592. The van der Waals surface area contributed by atoms with E-state index in [1.165, 1.54) is 0 Å². The van der Waals surface area contributed by atoms with Crippen molar-refractivity contribution in [1.29, 1.82) is 5.26 Å². The Hall–Kier alpha value is -2.28. The molecule has 3 rings (SSSR count). The number of imidazole rings is 1. The van der Waals surface area contributed by atoms with Gasteiger partial charge in [-0.1, -0.05) is 12.1 Å². The largest absolute Gasteiger partial charge is 0.496 e. The highest BCUT2D eigenvalue weighted by Crippen LogP contribution is 2.26. The Balaban J connectivity index is 2.14. The summed E-state index contributed by atoms with van der Waals surface area (Å²) in [7, 11) is 0. The molecule has 1 N–H and O–H groups in total. The smallest absolute Gasteiger partial charge is 0.152 e. The third-order valence-electron chi connectivity index (χ3n) is 2.84. The summed E-state index contributed by atoms with van der Waals surface area (Å²) in [5, 5.41) is 9.22.